The molecule has 1 aliphatic heterocycles. The van der Waals surface area contributed by atoms with E-state index in [1.54, 1.807) is 0 Å². The van der Waals surface area contributed by atoms with E-state index >= 15 is 0 Å². The summed E-state index contributed by atoms with van der Waals surface area (Å²) in [7, 11) is 0. The van der Waals surface area contributed by atoms with Crippen LogP contribution in [-0.2, 0) is 17.9 Å². The van der Waals surface area contributed by atoms with Crippen LogP contribution in [0.5, 0.6) is 0 Å². The van der Waals surface area contributed by atoms with Crippen molar-refractivity contribution < 1.29 is 4.79 Å². The van der Waals surface area contributed by atoms with E-state index in [-0.39, 0.29) is 11.9 Å². The molecule has 1 aliphatic rings. The van der Waals surface area contributed by atoms with Crippen molar-refractivity contribution in [3.63, 3.8) is 0 Å². The second-order valence-corrected chi connectivity index (χ2v) is 4.13. The highest BCUT2D eigenvalue weighted by atomic mass is 16.2. The predicted octanol–water partition coefficient (Wildman–Crippen LogP) is -0.533. The van der Waals surface area contributed by atoms with Gasteiger partial charge in [-0.2, -0.15) is 0 Å². The Bertz CT molecular complexity index is 375. The first-order valence-corrected chi connectivity index (χ1v) is 5.44. The number of carbonyl (C=O) groups is 1. The topological polar surface area (TPSA) is 76.2 Å². The van der Waals surface area contributed by atoms with Gasteiger partial charge in [-0.15, -0.1) is 0 Å². The van der Waals surface area contributed by atoms with Gasteiger partial charge in [-0.3, -0.25) is 15.1 Å². The number of fused-ring (bicyclic) bond motifs is 1. The molecule has 1 amide bonds. The third kappa shape index (κ3) is 2.23. The maximum atomic E-state index is 11.2. The number of nitrogens with one attached hydrogen (secondary N) is 1. The quantitative estimate of drug-likeness (QED) is 0.410. The van der Waals surface area contributed by atoms with E-state index in [1.165, 1.54) is 0 Å². The van der Waals surface area contributed by atoms with Gasteiger partial charge in [-0.1, -0.05) is 0 Å². The van der Waals surface area contributed by atoms with Gasteiger partial charge in [0.15, 0.2) is 0 Å². The monoisotopic (exact) mass is 223 g/mol. The van der Waals surface area contributed by atoms with Crippen molar-refractivity contribution in [2.75, 3.05) is 6.54 Å². The van der Waals surface area contributed by atoms with Gasteiger partial charge >= 0.3 is 0 Å². The fourth-order valence-electron chi connectivity index (χ4n) is 2.02. The van der Waals surface area contributed by atoms with Gasteiger partial charge in [0, 0.05) is 37.9 Å². The van der Waals surface area contributed by atoms with Crippen molar-refractivity contribution in [2.45, 2.75) is 32.5 Å². The molecule has 88 valence electrons. The van der Waals surface area contributed by atoms with E-state index in [0.29, 0.717) is 6.42 Å². The van der Waals surface area contributed by atoms with Crippen LogP contribution in [0.25, 0.3) is 0 Å². The van der Waals surface area contributed by atoms with Crippen molar-refractivity contribution in [3.8, 4) is 0 Å². The zero-order valence-corrected chi connectivity index (χ0v) is 9.39. The molecule has 16 heavy (non-hydrogen) atoms. The van der Waals surface area contributed by atoms with Crippen LogP contribution in [0.15, 0.2) is 12.4 Å². The molecule has 0 bridgehead atoms. The third-order valence-electron chi connectivity index (χ3n) is 3.04. The molecule has 3 N–H and O–H groups in total. The van der Waals surface area contributed by atoms with E-state index in [4.69, 9.17) is 5.84 Å². The molecule has 0 aliphatic carbocycles. The first kappa shape index (κ1) is 11.1. The summed E-state index contributed by atoms with van der Waals surface area (Å²) in [5.41, 5.74) is 2.16. The summed E-state index contributed by atoms with van der Waals surface area (Å²) in [6, 6.07) is 0.189. The van der Waals surface area contributed by atoms with Crippen LogP contribution in [0.2, 0.25) is 0 Å². The van der Waals surface area contributed by atoms with Gasteiger partial charge < -0.3 is 4.57 Å². The Morgan fingerprint density at radius 3 is 3.25 bits per heavy atom. The minimum atomic E-state index is -0.124. The minimum Gasteiger partial charge on any atom is -0.333 e. The lowest BCUT2D eigenvalue weighted by Crippen LogP contribution is -2.43. The number of nitrogens with zero attached hydrogens (tertiary/aromatic N) is 3. The van der Waals surface area contributed by atoms with Gasteiger partial charge in [-0.25, -0.2) is 10.8 Å². The lowest BCUT2D eigenvalue weighted by atomic mass is 10.1. The van der Waals surface area contributed by atoms with Crippen molar-refractivity contribution >= 4 is 5.91 Å². The van der Waals surface area contributed by atoms with Gasteiger partial charge in [-0.05, 0) is 6.92 Å². The number of imidazole rings is 1. The molecule has 1 unspecified atom stereocenters. The highest BCUT2D eigenvalue weighted by Crippen LogP contribution is 2.14. The molecule has 0 radical (unpaired) electrons. The highest BCUT2D eigenvalue weighted by molar-refractivity contribution is 5.75. The summed E-state index contributed by atoms with van der Waals surface area (Å²) in [5, 5.41) is 0. The largest absolute Gasteiger partial charge is 0.333 e. The zero-order chi connectivity index (χ0) is 11.5. The lowest BCUT2D eigenvalue weighted by molar-refractivity contribution is -0.122. The summed E-state index contributed by atoms with van der Waals surface area (Å²) in [5.74, 6) is 6.01. The Morgan fingerprint density at radius 1 is 1.69 bits per heavy atom. The number of nitrogens with two attached hydrogens (primary N) is 1. The second kappa shape index (κ2) is 4.63. The maximum absolute atomic E-state index is 11.2. The number of rotatable bonds is 3. The number of hydrazine groups is 1. The Morgan fingerprint density at radius 2 is 2.50 bits per heavy atom. The molecule has 0 aromatic carbocycles. The molecule has 6 heteroatoms. The van der Waals surface area contributed by atoms with Crippen LogP contribution in [-0.4, -0.2) is 32.9 Å². The average molecular weight is 223 g/mol. The SMILES string of the molecule is CC(CC(=O)NN)N1CCn2ccnc2C1. The standard InChI is InChI=1S/C10H17N5O/c1-8(6-10(16)13-11)15-5-4-14-3-2-12-9(14)7-15/h2-3,8H,4-7,11H2,1H3,(H,13,16). The summed E-state index contributed by atoms with van der Waals surface area (Å²) in [6.07, 6.45) is 4.23. The third-order valence-corrected chi connectivity index (χ3v) is 3.04. The molecule has 2 heterocycles. The van der Waals surface area contributed by atoms with Crippen molar-refractivity contribution in [2.24, 2.45) is 5.84 Å². The molecular weight excluding hydrogens is 206 g/mol. The van der Waals surface area contributed by atoms with Gasteiger partial charge in [0.1, 0.15) is 5.82 Å². The molecule has 2 rings (SSSR count). The van der Waals surface area contributed by atoms with Crippen LogP contribution >= 0.6 is 0 Å². The maximum Gasteiger partial charge on any atom is 0.235 e. The molecule has 0 spiro atoms. The normalized spacial score (nSPS) is 17.9. The van der Waals surface area contributed by atoms with E-state index in [9.17, 15) is 4.79 Å². The lowest BCUT2D eigenvalue weighted by Gasteiger charge is -2.32. The van der Waals surface area contributed by atoms with Crippen LogP contribution < -0.4 is 11.3 Å². The zero-order valence-electron chi connectivity index (χ0n) is 9.39. The van der Waals surface area contributed by atoms with Gasteiger partial charge in [0.2, 0.25) is 5.91 Å². The Kier molecular flexibility index (Phi) is 3.21. The summed E-state index contributed by atoms with van der Waals surface area (Å²) in [4.78, 5) is 17.7. The van der Waals surface area contributed by atoms with E-state index in [1.807, 2.05) is 19.3 Å². The van der Waals surface area contributed by atoms with Crippen LogP contribution in [0, 0.1) is 0 Å². The molecule has 1 aromatic heterocycles. The number of hydrogen-bond donors (Lipinski definition) is 2. The smallest absolute Gasteiger partial charge is 0.235 e. The van der Waals surface area contributed by atoms with Crippen molar-refractivity contribution in [1.29, 1.82) is 0 Å². The summed E-state index contributed by atoms with van der Waals surface area (Å²) in [6.45, 7) is 4.71. The Hall–Kier alpha value is -1.40. The van der Waals surface area contributed by atoms with Gasteiger partial charge in [0.25, 0.3) is 0 Å². The predicted molar refractivity (Wildman–Crippen MR) is 59.0 cm³/mol. The van der Waals surface area contributed by atoms with E-state index in [0.717, 1.165) is 25.5 Å². The average Bonchev–Trinajstić information content (AvgIpc) is 2.75. The Labute approximate surface area is 94.4 Å². The van der Waals surface area contributed by atoms with Crippen LogP contribution in [0.4, 0.5) is 0 Å². The molecule has 0 saturated heterocycles. The van der Waals surface area contributed by atoms with E-state index in [2.05, 4.69) is 19.9 Å². The molecule has 6 nitrogen and oxygen atoms in total. The molecule has 1 atom stereocenters. The first-order chi connectivity index (χ1) is 7.70. The van der Waals surface area contributed by atoms with Crippen molar-refractivity contribution in [3.05, 3.63) is 18.2 Å². The van der Waals surface area contributed by atoms with E-state index < -0.39 is 0 Å². The summed E-state index contributed by atoms with van der Waals surface area (Å²) < 4.78 is 2.15. The Balaban J connectivity index is 1.95. The highest BCUT2D eigenvalue weighted by Gasteiger charge is 2.22. The number of carbonyl (C=O) groups excluding carboxylic acids is 1. The second-order valence-electron chi connectivity index (χ2n) is 4.13. The number of aromatic nitrogens is 2. The molecular formula is C10H17N5O. The fourth-order valence-corrected chi connectivity index (χ4v) is 2.02. The van der Waals surface area contributed by atoms with Crippen molar-refractivity contribution in [1.82, 2.24) is 19.9 Å². The summed E-state index contributed by atoms with van der Waals surface area (Å²) >= 11 is 0. The molecule has 0 saturated carbocycles. The minimum absolute atomic E-state index is 0.124. The van der Waals surface area contributed by atoms with Crippen LogP contribution in [0.1, 0.15) is 19.2 Å². The molecule has 1 aromatic rings. The number of amides is 1. The van der Waals surface area contributed by atoms with Crippen LogP contribution in [0.3, 0.4) is 0 Å². The number of hydrogen-bond acceptors (Lipinski definition) is 4. The first-order valence-electron chi connectivity index (χ1n) is 5.44. The molecule has 0 fully saturated rings. The fraction of sp³-hybridized carbons (Fsp3) is 0.600. The van der Waals surface area contributed by atoms with Gasteiger partial charge in [0.05, 0.1) is 6.54 Å².